The summed E-state index contributed by atoms with van der Waals surface area (Å²) in [5.41, 5.74) is 9.57. The van der Waals surface area contributed by atoms with Crippen LogP contribution in [0.4, 0.5) is 4.39 Å². The van der Waals surface area contributed by atoms with E-state index in [1.807, 2.05) is 18.2 Å². The number of ether oxygens (including phenoxy) is 1. The first-order valence-corrected chi connectivity index (χ1v) is 6.77. The average Bonchev–Trinajstić information content (AvgIpc) is 2.86. The third kappa shape index (κ3) is 3.20. The molecule has 0 fully saturated rings. The lowest BCUT2D eigenvalue weighted by atomic mass is 10.1. The summed E-state index contributed by atoms with van der Waals surface area (Å²) in [6.07, 6.45) is 1.53. The highest BCUT2D eigenvalue weighted by Crippen LogP contribution is 2.28. The summed E-state index contributed by atoms with van der Waals surface area (Å²) >= 11 is 0. The van der Waals surface area contributed by atoms with Gasteiger partial charge in [0.2, 0.25) is 0 Å². The summed E-state index contributed by atoms with van der Waals surface area (Å²) in [4.78, 5) is 3.44. The maximum atomic E-state index is 12.5. The highest BCUT2D eigenvalue weighted by atomic mass is 35.5. The van der Waals surface area contributed by atoms with Gasteiger partial charge in [0, 0.05) is 48.2 Å². The molecule has 1 aliphatic heterocycles. The van der Waals surface area contributed by atoms with Crippen LogP contribution in [-0.2, 0) is 13.0 Å². The van der Waals surface area contributed by atoms with Crippen molar-refractivity contribution < 1.29 is 9.13 Å². The molecule has 1 aromatic heterocycles. The van der Waals surface area contributed by atoms with Gasteiger partial charge < -0.3 is 20.8 Å². The Morgan fingerprint density at radius 1 is 1.43 bits per heavy atom. The van der Waals surface area contributed by atoms with Crippen molar-refractivity contribution in [3.05, 3.63) is 41.4 Å². The van der Waals surface area contributed by atoms with Crippen molar-refractivity contribution in [2.45, 2.75) is 13.0 Å². The standard InChI is InChI=1S/C15H18FN3O.ClH/c16-6-10(7-17)9-20-11-1-2-14-12(5-11)13-8-18-4-3-15(13)19-14;/h1-2,5-6,18-19H,3-4,7-9,17H2;1H/b10-6+;. The van der Waals surface area contributed by atoms with Gasteiger partial charge in [0.15, 0.2) is 0 Å². The van der Waals surface area contributed by atoms with Crippen molar-refractivity contribution in [2.75, 3.05) is 19.7 Å². The SMILES string of the molecule is Cl.NC/C(=C\F)COc1ccc2[nH]c3c(c2c1)CNCC3. The molecular formula is C15H19ClFN3O. The van der Waals surface area contributed by atoms with Gasteiger partial charge in [-0.25, -0.2) is 4.39 Å². The molecule has 4 N–H and O–H groups in total. The predicted molar refractivity (Wildman–Crippen MR) is 84.7 cm³/mol. The fourth-order valence-corrected chi connectivity index (χ4v) is 2.53. The van der Waals surface area contributed by atoms with Crippen LogP contribution < -0.4 is 15.8 Å². The molecule has 3 rings (SSSR count). The van der Waals surface area contributed by atoms with Gasteiger partial charge in [-0.15, -0.1) is 12.4 Å². The highest BCUT2D eigenvalue weighted by molar-refractivity contribution is 5.86. The Morgan fingerprint density at radius 2 is 2.29 bits per heavy atom. The van der Waals surface area contributed by atoms with E-state index in [4.69, 9.17) is 10.5 Å². The van der Waals surface area contributed by atoms with Gasteiger partial charge in [-0.1, -0.05) is 0 Å². The van der Waals surface area contributed by atoms with E-state index in [9.17, 15) is 4.39 Å². The van der Waals surface area contributed by atoms with Crippen LogP contribution >= 0.6 is 12.4 Å². The number of nitrogens with two attached hydrogens (primary N) is 1. The molecule has 0 amide bonds. The minimum absolute atomic E-state index is 0. The highest BCUT2D eigenvalue weighted by Gasteiger charge is 2.15. The van der Waals surface area contributed by atoms with E-state index in [0.29, 0.717) is 11.9 Å². The van der Waals surface area contributed by atoms with Crippen molar-refractivity contribution in [1.82, 2.24) is 10.3 Å². The Balaban J connectivity index is 0.00000161. The molecule has 0 saturated carbocycles. The van der Waals surface area contributed by atoms with E-state index in [-0.39, 0.29) is 25.6 Å². The monoisotopic (exact) mass is 311 g/mol. The zero-order valence-corrected chi connectivity index (χ0v) is 12.4. The van der Waals surface area contributed by atoms with Crippen LogP contribution in [-0.4, -0.2) is 24.7 Å². The van der Waals surface area contributed by atoms with Crippen molar-refractivity contribution in [1.29, 1.82) is 0 Å². The van der Waals surface area contributed by atoms with Gasteiger partial charge in [0.05, 0.1) is 6.33 Å². The summed E-state index contributed by atoms with van der Waals surface area (Å²) < 4.78 is 18.0. The first-order chi connectivity index (χ1) is 9.81. The lowest BCUT2D eigenvalue weighted by Crippen LogP contribution is -2.22. The second kappa shape index (κ2) is 6.93. The molecule has 0 saturated heterocycles. The number of aromatic nitrogens is 1. The molecule has 0 bridgehead atoms. The van der Waals surface area contributed by atoms with Crippen LogP contribution in [0.5, 0.6) is 5.75 Å². The van der Waals surface area contributed by atoms with Gasteiger partial charge in [0.25, 0.3) is 0 Å². The van der Waals surface area contributed by atoms with Gasteiger partial charge in [-0.05, 0) is 23.8 Å². The zero-order chi connectivity index (χ0) is 13.9. The minimum Gasteiger partial charge on any atom is -0.489 e. The summed E-state index contributed by atoms with van der Waals surface area (Å²) in [7, 11) is 0. The number of H-pyrrole nitrogens is 1. The topological polar surface area (TPSA) is 63.1 Å². The number of hydrogen-bond donors (Lipinski definition) is 3. The van der Waals surface area contributed by atoms with E-state index in [0.717, 1.165) is 30.8 Å². The van der Waals surface area contributed by atoms with Gasteiger partial charge in [-0.3, -0.25) is 0 Å². The largest absolute Gasteiger partial charge is 0.489 e. The van der Waals surface area contributed by atoms with Crippen LogP contribution in [0.2, 0.25) is 0 Å². The quantitative estimate of drug-likeness (QED) is 0.812. The molecule has 0 radical (unpaired) electrons. The molecule has 2 heterocycles. The van der Waals surface area contributed by atoms with E-state index in [1.54, 1.807) is 0 Å². The van der Waals surface area contributed by atoms with Crippen LogP contribution in [0.15, 0.2) is 30.1 Å². The molecular weight excluding hydrogens is 293 g/mol. The third-order valence-corrected chi connectivity index (χ3v) is 3.66. The Labute approximate surface area is 129 Å². The van der Waals surface area contributed by atoms with E-state index in [2.05, 4.69) is 10.3 Å². The maximum absolute atomic E-state index is 12.5. The molecule has 6 heteroatoms. The molecule has 114 valence electrons. The summed E-state index contributed by atoms with van der Waals surface area (Å²) in [6.45, 7) is 2.23. The van der Waals surface area contributed by atoms with Crippen LogP contribution in [0.3, 0.4) is 0 Å². The molecule has 1 aliphatic rings. The lowest BCUT2D eigenvalue weighted by Gasteiger charge is -2.12. The van der Waals surface area contributed by atoms with Crippen molar-refractivity contribution in [3.63, 3.8) is 0 Å². The van der Waals surface area contributed by atoms with Gasteiger partial charge >= 0.3 is 0 Å². The third-order valence-electron chi connectivity index (χ3n) is 3.66. The van der Waals surface area contributed by atoms with Crippen LogP contribution in [0.25, 0.3) is 10.9 Å². The zero-order valence-electron chi connectivity index (χ0n) is 11.6. The van der Waals surface area contributed by atoms with Crippen molar-refractivity contribution >= 4 is 23.3 Å². The van der Waals surface area contributed by atoms with E-state index >= 15 is 0 Å². The fourth-order valence-electron chi connectivity index (χ4n) is 2.53. The molecule has 0 unspecified atom stereocenters. The number of hydrogen-bond acceptors (Lipinski definition) is 3. The fraction of sp³-hybridized carbons (Fsp3) is 0.333. The van der Waals surface area contributed by atoms with Gasteiger partial charge in [-0.2, -0.15) is 0 Å². The van der Waals surface area contributed by atoms with Crippen molar-refractivity contribution in [2.24, 2.45) is 5.73 Å². The second-order valence-electron chi connectivity index (χ2n) is 4.98. The first-order valence-electron chi connectivity index (χ1n) is 6.77. The summed E-state index contributed by atoms with van der Waals surface area (Å²) in [5.74, 6) is 0.734. The lowest BCUT2D eigenvalue weighted by molar-refractivity contribution is 0.348. The van der Waals surface area contributed by atoms with Gasteiger partial charge in [0.1, 0.15) is 12.4 Å². The Morgan fingerprint density at radius 3 is 3.05 bits per heavy atom. The average molecular weight is 312 g/mol. The number of benzene rings is 1. The number of fused-ring (bicyclic) bond motifs is 3. The van der Waals surface area contributed by atoms with Crippen LogP contribution in [0, 0.1) is 0 Å². The molecule has 2 aromatic rings. The normalized spacial score (nSPS) is 14.7. The molecule has 0 aliphatic carbocycles. The Hall–Kier alpha value is -1.56. The van der Waals surface area contributed by atoms with Crippen molar-refractivity contribution in [3.8, 4) is 5.75 Å². The summed E-state index contributed by atoms with van der Waals surface area (Å²) in [6, 6.07) is 5.90. The number of rotatable bonds is 4. The molecule has 21 heavy (non-hydrogen) atoms. The first kappa shape index (κ1) is 15.8. The molecule has 4 nitrogen and oxygen atoms in total. The number of nitrogens with one attached hydrogen (secondary N) is 2. The van der Waals surface area contributed by atoms with E-state index in [1.165, 1.54) is 16.6 Å². The maximum Gasteiger partial charge on any atom is 0.120 e. The Bertz CT molecular complexity index is 654. The minimum atomic E-state index is 0. The second-order valence-corrected chi connectivity index (χ2v) is 4.98. The van der Waals surface area contributed by atoms with E-state index < -0.39 is 0 Å². The number of halogens is 2. The smallest absolute Gasteiger partial charge is 0.120 e. The molecule has 0 spiro atoms. The Kier molecular flexibility index (Phi) is 5.22. The predicted octanol–water partition coefficient (Wildman–Crippen LogP) is 2.43. The molecule has 0 atom stereocenters. The number of aromatic amines is 1. The summed E-state index contributed by atoms with van der Waals surface area (Å²) in [5, 5.41) is 4.54. The molecule has 1 aromatic carbocycles. The van der Waals surface area contributed by atoms with Crippen LogP contribution in [0.1, 0.15) is 11.3 Å².